The van der Waals surface area contributed by atoms with Crippen LogP contribution in [0.25, 0.3) is 0 Å². The minimum absolute atomic E-state index is 0.0210. The van der Waals surface area contributed by atoms with Gasteiger partial charge in [-0.3, -0.25) is 14.5 Å². The zero-order chi connectivity index (χ0) is 12.8. The van der Waals surface area contributed by atoms with Crippen LogP contribution < -0.4 is 4.90 Å². The number of hydrogen-bond acceptors (Lipinski definition) is 2. The molecular weight excluding hydrogens is 250 g/mol. The van der Waals surface area contributed by atoms with Crippen molar-refractivity contribution in [3.8, 4) is 0 Å². The standard InChI is InChI=1S/C14H14ClNO2/c15-10-3-5-11(6-4-10)16-12(17)9-14(13(16)18)7-1-2-8-14/h3-6H,1-2,7-9H2. The van der Waals surface area contributed by atoms with Gasteiger partial charge >= 0.3 is 0 Å². The normalized spacial score (nSPS) is 22.2. The molecule has 1 saturated carbocycles. The van der Waals surface area contributed by atoms with Crippen LogP contribution in [0.15, 0.2) is 24.3 Å². The number of carbonyl (C=O) groups excluding carboxylic acids is 2. The summed E-state index contributed by atoms with van der Waals surface area (Å²) in [5.74, 6) is -0.100. The third kappa shape index (κ3) is 1.65. The molecule has 2 fully saturated rings. The number of nitrogens with zero attached hydrogens (tertiary/aromatic N) is 1. The average Bonchev–Trinajstić information content (AvgIpc) is 2.89. The molecule has 1 aromatic carbocycles. The number of rotatable bonds is 1. The van der Waals surface area contributed by atoms with E-state index < -0.39 is 5.41 Å². The Kier molecular flexibility index (Phi) is 2.67. The van der Waals surface area contributed by atoms with Gasteiger partial charge in [-0.25, -0.2) is 0 Å². The van der Waals surface area contributed by atoms with E-state index in [2.05, 4.69) is 0 Å². The molecule has 1 heterocycles. The molecule has 18 heavy (non-hydrogen) atoms. The lowest BCUT2D eigenvalue weighted by Gasteiger charge is -2.20. The zero-order valence-electron chi connectivity index (χ0n) is 9.99. The molecule has 1 spiro atoms. The summed E-state index contributed by atoms with van der Waals surface area (Å²) >= 11 is 5.82. The molecule has 4 heteroatoms. The van der Waals surface area contributed by atoms with Gasteiger partial charge in [0.05, 0.1) is 11.1 Å². The molecule has 94 valence electrons. The number of halogens is 1. The quantitative estimate of drug-likeness (QED) is 0.730. The lowest BCUT2D eigenvalue weighted by molar-refractivity contribution is -0.125. The van der Waals surface area contributed by atoms with E-state index in [1.807, 2.05) is 0 Å². The van der Waals surface area contributed by atoms with Crippen LogP contribution in [0.1, 0.15) is 32.1 Å². The molecule has 0 unspecified atom stereocenters. The Bertz CT molecular complexity index is 503. The highest BCUT2D eigenvalue weighted by Gasteiger charge is 2.52. The van der Waals surface area contributed by atoms with Gasteiger partial charge < -0.3 is 0 Å². The maximum absolute atomic E-state index is 12.5. The highest BCUT2D eigenvalue weighted by atomic mass is 35.5. The number of anilines is 1. The second-order valence-electron chi connectivity index (χ2n) is 5.17. The first-order chi connectivity index (χ1) is 8.62. The fourth-order valence-electron chi connectivity index (χ4n) is 3.09. The maximum Gasteiger partial charge on any atom is 0.240 e. The number of carbonyl (C=O) groups is 2. The number of imide groups is 1. The molecule has 2 amide bonds. The van der Waals surface area contributed by atoms with Crippen LogP contribution in [0.5, 0.6) is 0 Å². The van der Waals surface area contributed by atoms with Gasteiger partial charge in [-0.15, -0.1) is 0 Å². The topological polar surface area (TPSA) is 37.4 Å². The Morgan fingerprint density at radius 2 is 1.67 bits per heavy atom. The average molecular weight is 264 g/mol. The van der Waals surface area contributed by atoms with Crippen molar-refractivity contribution >= 4 is 29.1 Å². The molecule has 0 radical (unpaired) electrons. The first kappa shape index (κ1) is 11.7. The van der Waals surface area contributed by atoms with Crippen molar-refractivity contribution in [2.24, 2.45) is 5.41 Å². The van der Waals surface area contributed by atoms with E-state index in [-0.39, 0.29) is 11.8 Å². The van der Waals surface area contributed by atoms with E-state index in [9.17, 15) is 9.59 Å². The third-order valence-corrected chi connectivity index (χ3v) is 4.29. The van der Waals surface area contributed by atoms with Crippen molar-refractivity contribution in [3.05, 3.63) is 29.3 Å². The summed E-state index contributed by atoms with van der Waals surface area (Å²) in [4.78, 5) is 25.9. The van der Waals surface area contributed by atoms with Crippen LogP contribution in [0, 0.1) is 5.41 Å². The Labute approximate surface area is 111 Å². The highest BCUT2D eigenvalue weighted by Crippen LogP contribution is 2.47. The summed E-state index contributed by atoms with van der Waals surface area (Å²) in [7, 11) is 0. The number of amides is 2. The lowest BCUT2D eigenvalue weighted by Crippen LogP contribution is -2.34. The van der Waals surface area contributed by atoms with Crippen molar-refractivity contribution in [1.82, 2.24) is 0 Å². The van der Waals surface area contributed by atoms with Gasteiger partial charge in [0.15, 0.2) is 0 Å². The van der Waals surface area contributed by atoms with Crippen LogP contribution in [-0.4, -0.2) is 11.8 Å². The van der Waals surface area contributed by atoms with Gasteiger partial charge in [-0.05, 0) is 37.1 Å². The molecular formula is C14H14ClNO2. The monoisotopic (exact) mass is 263 g/mol. The first-order valence-electron chi connectivity index (χ1n) is 6.25. The minimum Gasteiger partial charge on any atom is -0.274 e. The van der Waals surface area contributed by atoms with Gasteiger partial charge in [0.25, 0.3) is 0 Å². The van der Waals surface area contributed by atoms with Crippen LogP contribution in [0.4, 0.5) is 5.69 Å². The van der Waals surface area contributed by atoms with Crippen molar-refractivity contribution in [2.45, 2.75) is 32.1 Å². The van der Waals surface area contributed by atoms with E-state index in [1.54, 1.807) is 24.3 Å². The van der Waals surface area contributed by atoms with Gasteiger partial charge in [0.1, 0.15) is 0 Å². The third-order valence-electron chi connectivity index (χ3n) is 4.04. The van der Waals surface area contributed by atoms with E-state index in [0.29, 0.717) is 17.1 Å². The smallest absolute Gasteiger partial charge is 0.240 e. The van der Waals surface area contributed by atoms with Gasteiger partial charge in [-0.2, -0.15) is 0 Å². The molecule has 1 aromatic rings. The summed E-state index contributed by atoms with van der Waals surface area (Å²) in [6.45, 7) is 0. The molecule has 2 aliphatic rings. The fourth-order valence-corrected chi connectivity index (χ4v) is 3.21. The van der Waals surface area contributed by atoms with Crippen LogP contribution in [-0.2, 0) is 9.59 Å². The summed E-state index contributed by atoms with van der Waals surface area (Å²) < 4.78 is 0. The lowest BCUT2D eigenvalue weighted by atomic mass is 9.84. The summed E-state index contributed by atoms with van der Waals surface area (Å²) in [5, 5.41) is 0.605. The molecule has 0 bridgehead atoms. The summed E-state index contributed by atoms with van der Waals surface area (Å²) in [6, 6.07) is 6.87. The minimum atomic E-state index is -0.406. The number of hydrogen-bond donors (Lipinski definition) is 0. The molecule has 0 N–H and O–H groups in total. The van der Waals surface area contributed by atoms with E-state index in [4.69, 9.17) is 11.6 Å². The first-order valence-corrected chi connectivity index (χ1v) is 6.63. The van der Waals surface area contributed by atoms with Gasteiger partial charge in [0.2, 0.25) is 11.8 Å². The van der Waals surface area contributed by atoms with Gasteiger partial charge in [0, 0.05) is 11.4 Å². The molecule has 1 aliphatic heterocycles. The Morgan fingerprint density at radius 1 is 1.06 bits per heavy atom. The molecule has 3 nitrogen and oxygen atoms in total. The molecule has 3 rings (SSSR count). The Hall–Kier alpha value is -1.35. The molecule has 1 aliphatic carbocycles. The second-order valence-corrected chi connectivity index (χ2v) is 5.61. The van der Waals surface area contributed by atoms with Crippen molar-refractivity contribution in [2.75, 3.05) is 4.90 Å². The Balaban J connectivity index is 1.95. The molecule has 0 aromatic heterocycles. The van der Waals surface area contributed by atoms with Crippen LogP contribution >= 0.6 is 11.6 Å². The fraction of sp³-hybridized carbons (Fsp3) is 0.429. The predicted octanol–water partition coefficient (Wildman–Crippen LogP) is 3.16. The molecule has 0 atom stereocenters. The maximum atomic E-state index is 12.5. The SMILES string of the molecule is O=C1CC2(CCCC2)C(=O)N1c1ccc(Cl)cc1. The highest BCUT2D eigenvalue weighted by molar-refractivity contribution is 6.30. The van der Waals surface area contributed by atoms with E-state index >= 15 is 0 Å². The number of benzene rings is 1. The van der Waals surface area contributed by atoms with Crippen molar-refractivity contribution in [1.29, 1.82) is 0 Å². The molecule has 1 saturated heterocycles. The Morgan fingerprint density at radius 3 is 2.28 bits per heavy atom. The largest absolute Gasteiger partial charge is 0.274 e. The van der Waals surface area contributed by atoms with Crippen molar-refractivity contribution < 1.29 is 9.59 Å². The van der Waals surface area contributed by atoms with E-state index in [1.165, 1.54) is 4.90 Å². The second kappa shape index (κ2) is 4.09. The predicted molar refractivity (Wildman–Crippen MR) is 69.5 cm³/mol. The summed E-state index contributed by atoms with van der Waals surface area (Å²) in [6.07, 6.45) is 4.17. The van der Waals surface area contributed by atoms with Crippen LogP contribution in [0.2, 0.25) is 5.02 Å². The van der Waals surface area contributed by atoms with Gasteiger partial charge in [-0.1, -0.05) is 24.4 Å². The van der Waals surface area contributed by atoms with E-state index in [0.717, 1.165) is 25.7 Å². The van der Waals surface area contributed by atoms with Crippen LogP contribution in [0.3, 0.4) is 0 Å². The van der Waals surface area contributed by atoms with Crippen molar-refractivity contribution in [3.63, 3.8) is 0 Å². The zero-order valence-corrected chi connectivity index (χ0v) is 10.7. The summed E-state index contributed by atoms with van der Waals surface area (Å²) in [5.41, 5.74) is 0.231.